The van der Waals surface area contributed by atoms with Crippen LogP contribution in [0.2, 0.25) is 0 Å². The molecule has 0 spiro atoms. The average Bonchev–Trinajstić information content (AvgIpc) is 3.25. The van der Waals surface area contributed by atoms with Gasteiger partial charge >= 0.3 is 23.9 Å². The molecular weight excluding hydrogens is 769 g/mol. The van der Waals surface area contributed by atoms with Crippen LogP contribution in [0.3, 0.4) is 0 Å². The Balaban J connectivity index is 5.15. The lowest BCUT2D eigenvalue weighted by Gasteiger charge is -2.21. The Hall–Kier alpha value is -2.16. The Kier molecular flexibility index (Phi) is 45.6. The number of carbonyl (C=O) groups excluding carboxylic acids is 4. The molecule has 0 heterocycles. The van der Waals surface area contributed by atoms with Gasteiger partial charge in [-0.15, -0.1) is 0 Å². The van der Waals surface area contributed by atoms with Crippen LogP contribution < -0.4 is 0 Å². The number of ether oxygens (including phenoxy) is 5. The fourth-order valence-corrected chi connectivity index (χ4v) is 7.54. The van der Waals surface area contributed by atoms with Crippen LogP contribution in [-0.4, -0.2) is 62.5 Å². The summed E-state index contributed by atoms with van der Waals surface area (Å²) in [7, 11) is 0. The summed E-state index contributed by atoms with van der Waals surface area (Å²) < 4.78 is 28.7. The van der Waals surface area contributed by atoms with Crippen molar-refractivity contribution in [1.29, 1.82) is 0 Å². The molecule has 0 rings (SSSR count). The molecule has 0 saturated heterocycles. The van der Waals surface area contributed by atoms with E-state index in [1.54, 1.807) is 0 Å². The van der Waals surface area contributed by atoms with Crippen molar-refractivity contribution >= 4 is 23.9 Å². The zero-order chi connectivity index (χ0) is 44.7. The minimum atomic E-state index is -0.795. The standard InChI is InChI=1S/C52H98O9/c1-5-9-13-17-21-24-28-32-36-40-50(54)59-46-48(61-52(56)42-38-34-30-26-23-19-15-11-7-3)44-57-43-47(45-58-49(53)39-35-31-27-20-16-12-8-4)60-51(55)41-37-33-29-25-22-18-14-10-6-2/h47-48H,5-46H2,1-4H3. The second kappa shape index (κ2) is 47.3. The van der Waals surface area contributed by atoms with Crippen molar-refractivity contribution in [2.45, 2.75) is 284 Å². The lowest BCUT2D eigenvalue weighted by atomic mass is 10.1. The van der Waals surface area contributed by atoms with Crippen molar-refractivity contribution in [2.24, 2.45) is 0 Å². The van der Waals surface area contributed by atoms with E-state index in [0.717, 1.165) is 77.0 Å². The van der Waals surface area contributed by atoms with Crippen molar-refractivity contribution in [3.63, 3.8) is 0 Å². The van der Waals surface area contributed by atoms with Crippen molar-refractivity contribution in [3.8, 4) is 0 Å². The third kappa shape index (κ3) is 44.3. The van der Waals surface area contributed by atoms with Gasteiger partial charge in [0.25, 0.3) is 0 Å². The van der Waals surface area contributed by atoms with Gasteiger partial charge in [0, 0.05) is 25.7 Å². The van der Waals surface area contributed by atoms with E-state index in [1.165, 1.54) is 141 Å². The van der Waals surface area contributed by atoms with Crippen molar-refractivity contribution in [2.75, 3.05) is 26.4 Å². The highest BCUT2D eigenvalue weighted by atomic mass is 16.6. The zero-order valence-corrected chi connectivity index (χ0v) is 40.5. The molecule has 2 unspecified atom stereocenters. The molecule has 0 aromatic heterocycles. The minimum Gasteiger partial charge on any atom is -0.462 e. The first-order chi connectivity index (χ1) is 29.9. The average molecular weight is 867 g/mol. The summed E-state index contributed by atoms with van der Waals surface area (Å²) >= 11 is 0. The molecule has 0 aliphatic carbocycles. The van der Waals surface area contributed by atoms with Gasteiger partial charge in [0.05, 0.1) is 13.2 Å². The molecule has 61 heavy (non-hydrogen) atoms. The normalized spacial score (nSPS) is 12.3. The molecule has 360 valence electrons. The smallest absolute Gasteiger partial charge is 0.306 e. The molecule has 0 amide bonds. The molecule has 9 nitrogen and oxygen atoms in total. The van der Waals surface area contributed by atoms with E-state index in [4.69, 9.17) is 23.7 Å². The Morgan fingerprint density at radius 3 is 0.738 bits per heavy atom. The van der Waals surface area contributed by atoms with Crippen LogP contribution in [0, 0.1) is 0 Å². The summed E-state index contributed by atoms with van der Waals surface area (Å²) in [6.45, 7) is 8.61. The van der Waals surface area contributed by atoms with E-state index in [0.29, 0.717) is 25.7 Å². The quantitative estimate of drug-likeness (QED) is 0.0335. The van der Waals surface area contributed by atoms with Gasteiger partial charge < -0.3 is 23.7 Å². The Bertz CT molecular complexity index is 986. The van der Waals surface area contributed by atoms with Crippen LogP contribution in [0.1, 0.15) is 272 Å². The van der Waals surface area contributed by atoms with E-state index < -0.39 is 12.2 Å². The number of carbonyl (C=O) groups is 4. The van der Waals surface area contributed by atoms with Gasteiger partial charge in [0.1, 0.15) is 13.2 Å². The maximum absolute atomic E-state index is 12.9. The first-order valence-electron chi connectivity index (χ1n) is 26.1. The molecule has 0 saturated carbocycles. The summed E-state index contributed by atoms with van der Waals surface area (Å²) in [5.74, 6) is -1.29. The summed E-state index contributed by atoms with van der Waals surface area (Å²) in [6.07, 6.45) is 38.6. The van der Waals surface area contributed by atoms with E-state index in [9.17, 15) is 19.2 Å². The molecule has 0 radical (unpaired) electrons. The summed E-state index contributed by atoms with van der Waals surface area (Å²) in [5.41, 5.74) is 0. The predicted octanol–water partition coefficient (Wildman–Crippen LogP) is 14.8. The minimum absolute atomic E-state index is 0.0346. The monoisotopic (exact) mass is 867 g/mol. The molecular formula is C52H98O9. The molecule has 0 aromatic rings. The highest BCUT2D eigenvalue weighted by Gasteiger charge is 2.22. The zero-order valence-electron chi connectivity index (χ0n) is 40.5. The molecule has 0 aromatic carbocycles. The predicted molar refractivity (Wildman–Crippen MR) is 251 cm³/mol. The highest BCUT2D eigenvalue weighted by molar-refractivity contribution is 5.71. The molecule has 0 bridgehead atoms. The highest BCUT2D eigenvalue weighted by Crippen LogP contribution is 2.15. The summed E-state index contributed by atoms with van der Waals surface area (Å²) in [6, 6.07) is 0. The van der Waals surface area contributed by atoms with Crippen molar-refractivity contribution in [1.82, 2.24) is 0 Å². The second-order valence-corrected chi connectivity index (χ2v) is 17.7. The van der Waals surface area contributed by atoms with E-state index in [2.05, 4.69) is 27.7 Å². The Morgan fingerprint density at radius 1 is 0.279 bits per heavy atom. The largest absolute Gasteiger partial charge is 0.462 e. The fraction of sp³-hybridized carbons (Fsp3) is 0.923. The van der Waals surface area contributed by atoms with Crippen LogP contribution >= 0.6 is 0 Å². The molecule has 2 atom stereocenters. The third-order valence-electron chi connectivity index (χ3n) is 11.5. The first kappa shape index (κ1) is 58.8. The van der Waals surface area contributed by atoms with Crippen molar-refractivity contribution < 1.29 is 42.9 Å². The van der Waals surface area contributed by atoms with Gasteiger partial charge in [-0.1, -0.05) is 220 Å². The molecule has 9 heteroatoms. The molecule has 0 aliphatic heterocycles. The molecule has 0 aliphatic rings. The van der Waals surface area contributed by atoms with Gasteiger partial charge in [0.15, 0.2) is 12.2 Å². The van der Waals surface area contributed by atoms with Crippen LogP contribution in [-0.2, 0) is 42.9 Å². The van der Waals surface area contributed by atoms with E-state index in [-0.39, 0.29) is 50.3 Å². The number of unbranched alkanes of at least 4 members (excludes halogenated alkanes) is 30. The number of esters is 4. The lowest BCUT2D eigenvalue weighted by molar-refractivity contribution is -0.169. The second-order valence-electron chi connectivity index (χ2n) is 17.7. The number of hydrogen-bond acceptors (Lipinski definition) is 9. The van der Waals surface area contributed by atoms with Crippen LogP contribution in [0.5, 0.6) is 0 Å². The van der Waals surface area contributed by atoms with Crippen LogP contribution in [0.15, 0.2) is 0 Å². The number of rotatable bonds is 48. The maximum atomic E-state index is 12.9. The summed E-state index contributed by atoms with van der Waals surface area (Å²) in [4.78, 5) is 51.2. The number of hydrogen-bond donors (Lipinski definition) is 0. The van der Waals surface area contributed by atoms with Gasteiger partial charge in [-0.3, -0.25) is 19.2 Å². The Morgan fingerprint density at radius 2 is 0.492 bits per heavy atom. The van der Waals surface area contributed by atoms with Crippen molar-refractivity contribution in [3.05, 3.63) is 0 Å². The SMILES string of the molecule is CCCCCCCCCCCC(=O)OCC(COCC(COC(=O)CCCCCCCCC)OC(=O)CCCCCCCCCCC)OC(=O)CCCCCCCCCCC. The first-order valence-corrected chi connectivity index (χ1v) is 26.1. The topological polar surface area (TPSA) is 114 Å². The van der Waals surface area contributed by atoms with E-state index in [1.807, 2.05) is 0 Å². The molecule has 0 fully saturated rings. The molecule has 0 N–H and O–H groups in total. The van der Waals surface area contributed by atoms with Gasteiger partial charge in [0.2, 0.25) is 0 Å². The lowest BCUT2D eigenvalue weighted by Crippen LogP contribution is -2.34. The van der Waals surface area contributed by atoms with Crippen LogP contribution in [0.25, 0.3) is 0 Å². The maximum Gasteiger partial charge on any atom is 0.306 e. The third-order valence-corrected chi connectivity index (χ3v) is 11.5. The van der Waals surface area contributed by atoms with E-state index >= 15 is 0 Å². The van der Waals surface area contributed by atoms with Gasteiger partial charge in [-0.05, 0) is 25.7 Å². The summed E-state index contributed by atoms with van der Waals surface area (Å²) in [5, 5.41) is 0. The van der Waals surface area contributed by atoms with Gasteiger partial charge in [-0.2, -0.15) is 0 Å². The fourth-order valence-electron chi connectivity index (χ4n) is 7.54. The Labute approximate surface area is 376 Å². The van der Waals surface area contributed by atoms with Crippen LogP contribution in [0.4, 0.5) is 0 Å². The van der Waals surface area contributed by atoms with Gasteiger partial charge in [-0.25, -0.2) is 0 Å².